The molecule has 1 amide bonds. The summed E-state index contributed by atoms with van der Waals surface area (Å²) in [7, 11) is 0. The van der Waals surface area contributed by atoms with Gasteiger partial charge >= 0.3 is 0 Å². The number of para-hydroxylation sites is 1. The van der Waals surface area contributed by atoms with Crippen molar-refractivity contribution in [1.29, 1.82) is 0 Å². The largest absolute Gasteiger partial charge is 0.447 e. The molecule has 4 rings (SSSR count). The Bertz CT molecular complexity index is 1050. The summed E-state index contributed by atoms with van der Waals surface area (Å²) < 4.78 is 6.32. The van der Waals surface area contributed by atoms with Gasteiger partial charge in [0.15, 0.2) is 5.69 Å². The van der Waals surface area contributed by atoms with E-state index < -0.39 is 6.23 Å². The van der Waals surface area contributed by atoms with E-state index in [-0.39, 0.29) is 5.91 Å². The van der Waals surface area contributed by atoms with E-state index in [1.807, 2.05) is 36.4 Å². The van der Waals surface area contributed by atoms with E-state index >= 15 is 0 Å². The fourth-order valence-electron chi connectivity index (χ4n) is 3.55. The van der Waals surface area contributed by atoms with Crippen molar-refractivity contribution >= 4 is 23.4 Å². The number of nitrogens with zero attached hydrogens (tertiary/aromatic N) is 5. The molecule has 0 bridgehead atoms. The maximum atomic E-state index is 12.7. The molecule has 31 heavy (non-hydrogen) atoms. The van der Waals surface area contributed by atoms with Crippen LogP contribution in [-0.2, 0) is 4.79 Å². The average molecular weight is 436 g/mol. The molecule has 1 aliphatic heterocycles. The van der Waals surface area contributed by atoms with E-state index in [0.717, 1.165) is 23.3 Å². The molecular formula is C23H25N5O2S. The number of pyridine rings is 1. The lowest BCUT2D eigenvalue weighted by atomic mass is 10.1. The van der Waals surface area contributed by atoms with E-state index in [1.165, 1.54) is 26.2 Å². The number of thioether (sulfide) groups is 1. The molecule has 160 valence electrons. The second-order valence-electron chi connectivity index (χ2n) is 7.32. The van der Waals surface area contributed by atoms with Crippen molar-refractivity contribution < 1.29 is 9.53 Å². The summed E-state index contributed by atoms with van der Waals surface area (Å²) in [6.07, 6.45) is 7.44. The van der Waals surface area contributed by atoms with Gasteiger partial charge in [-0.3, -0.25) is 14.7 Å². The minimum absolute atomic E-state index is 0.146. The third-order valence-corrected chi connectivity index (χ3v) is 5.97. The Labute approximate surface area is 186 Å². The maximum absolute atomic E-state index is 12.7. The Morgan fingerprint density at radius 2 is 2.00 bits per heavy atom. The second-order valence-corrected chi connectivity index (χ2v) is 8.38. The summed E-state index contributed by atoms with van der Waals surface area (Å²) in [4.78, 5) is 23.2. The van der Waals surface area contributed by atoms with Gasteiger partial charge in [-0.05, 0) is 18.6 Å². The molecule has 0 radical (unpaired) electrons. The zero-order valence-corrected chi connectivity index (χ0v) is 18.5. The molecule has 2 aromatic heterocycles. The number of rotatable bonds is 7. The van der Waals surface area contributed by atoms with E-state index in [9.17, 15) is 4.79 Å². The van der Waals surface area contributed by atoms with Crippen molar-refractivity contribution in [3.05, 3.63) is 54.4 Å². The molecule has 0 spiro atoms. The molecular weight excluding hydrogens is 410 g/mol. The summed E-state index contributed by atoms with van der Waals surface area (Å²) in [5.74, 6) is 1.16. The standard InChI is InChI=1S/C23H25N5O2S/c1-3-4-5-8-14-31-23-25-21-20(26-27-23)18-11-6-7-12-19(18)28(16(2)29)22(30-21)17-10-9-13-24-15-17/h6-7,9-13,15,22H,3-5,8,14H2,1-2H3/t22-/m1/s1. The highest BCUT2D eigenvalue weighted by atomic mass is 32.2. The lowest BCUT2D eigenvalue weighted by Crippen LogP contribution is -2.36. The molecule has 0 saturated carbocycles. The van der Waals surface area contributed by atoms with Crippen LogP contribution < -0.4 is 9.64 Å². The Kier molecular flexibility index (Phi) is 6.76. The molecule has 0 aliphatic carbocycles. The molecule has 1 aromatic carbocycles. The summed E-state index contributed by atoms with van der Waals surface area (Å²) in [6, 6.07) is 11.3. The van der Waals surface area contributed by atoms with Crippen molar-refractivity contribution in [3.8, 4) is 17.1 Å². The predicted molar refractivity (Wildman–Crippen MR) is 121 cm³/mol. The number of hydrogen-bond acceptors (Lipinski definition) is 7. The lowest BCUT2D eigenvalue weighted by Gasteiger charge is -2.29. The zero-order valence-electron chi connectivity index (χ0n) is 17.7. The van der Waals surface area contributed by atoms with Crippen molar-refractivity contribution in [2.75, 3.05) is 10.7 Å². The average Bonchev–Trinajstić information content (AvgIpc) is 2.94. The number of aromatic nitrogens is 4. The predicted octanol–water partition coefficient (Wildman–Crippen LogP) is 5.05. The molecule has 0 N–H and O–H groups in total. The number of fused-ring (bicyclic) bond motifs is 3. The summed E-state index contributed by atoms with van der Waals surface area (Å²) in [5, 5.41) is 9.35. The van der Waals surface area contributed by atoms with E-state index in [2.05, 4.69) is 27.1 Å². The van der Waals surface area contributed by atoms with Gasteiger partial charge in [-0.2, -0.15) is 4.98 Å². The van der Waals surface area contributed by atoms with Crippen molar-refractivity contribution in [2.24, 2.45) is 0 Å². The minimum Gasteiger partial charge on any atom is -0.447 e. The van der Waals surface area contributed by atoms with Gasteiger partial charge in [-0.15, -0.1) is 10.2 Å². The first kappa shape index (κ1) is 21.2. The van der Waals surface area contributed by atoms with Gasteiger partial charge in [-0.1, -0.05) is 62.2 Å². The normalized spacial score (nSPS) is 14.9. The quantitative estimate of drug-likeness (QED) is 0.379. The van der Waals surface area contributed by atoms with Crippen molar-refractivity contribution in [2.45, 2.75) is 50.9 Å². The van der Waals surface area contributed by atoms with Crippen LogP contribution in [0.2, 0.25) is 0 Å². The molecule has 0 saturated heterocycles. The molecule has 1 aliphatic rings. The Morgan fingerprint density at radius 1 is 1.13 bits per heavy atom. The van der Waals surface area contributed by atoms with Crippen LogP contribution in [0.5, 0.6) is 5.88 Å². The summed E-state index contributed by atoms with van der Waals surface area (Å²) >= 11 is 1.58. The molecule has 0 unspecified atom stereocenters. The third kappa shape index (κ3) is 4.69. The number of carbonyl (C=O) groups is 1. The molecule has 8 heteroatoms. The smallest absolute Gasteiger partial charge is 0.247 e. The van der Waals surface area contributed by atoms with Gasteiger partial charge in [-0.25, -0.2) is 0 Å². The minimum atomic E-state index is -0.701. The van der Waals surface area contributed by atoms with Crippen LogP contribution in [0.4, 0.5) is 5.69 Å². The first-order valence-electron chi connectivity index (χ1n) is 10.5. The molecule has 3 heterocycles. The number of benzene rings is 1. The van der Waals surface area contributed by atoms with Crippen LogP contribution in [0.25, 0.3) is 11.3 Å². The molecule has 3 aromatic rings. The highest BCUT2D eigenvalue weighted by Gasteiger charge is 2.34. The number of carbonyl (C=O) groups excluding carboxylic acids is 1. The van der Waals surface area contributed by atoms with Crippen LogP contribution in [0.15, 0.2) is 53.9 Å². The first-order valence-corrected chi connectivity index (χ1v) is 11.5. The number of anilines is 1. The lowest BCUT2D eigenvalue weighted by molar-refractivity contribution is -0.118. The van der Waals surface area contributed by atoms with Crippen LogP contribution in [0, 0.1) is 0 Å². The summed E-state index contributed by atoms with van der Waals surface area (Å²) in [5.41, 5.74) is 2.76. The molecule has 0 fully saturated rings. The van der Waals surface area contributed by atoms with Gasteiger partial charge in [0, 0.05) is 36.2 Å². The fourth-order valence-corrected chi connectivity index (χ4v) is 4.32. The number of hydrogen-bond donors (Lipinski definition) is 0. The Hall–Kier alpha value is -3.00. The number of ether oxygens (including phenoxy) is 1. The monoisotopic (exact) mass is 435 g/mol. The van der Waals surface area contributed by atoms with Crippen LogP contribution in [-0.4, -0.2) is 31.8 Å². The molecule has 1 atom stereocenters. The van der Waals surface area contributed by atoms with Crippen LogP contribution in [0.1, 0.15) is 51.3 Å². The summed E-state index contributed by atoms with van der Waals surface area (Å²) in [6.45, 7) is 3.72. The van der Waals surface area contributed by atoms with Gasteiger partial charge in [0.05, 0.1) is 5.69 Å². The van der Waals surface area contributed by atoms with E-state index in [1.54, 1.807) is 29.1 Å². The highest BCUT2D eigenvalue weighted by molar-refractivity contribution is 7.99. The second kappa shape index (κ2) is 9.87. The van der Waals surface area contributed by atoms with E-state index in [4.69, 9.17) is 4.74 Å². The number of amides is 1. The zero-order chi connectivity index (χ0) is 21.6. The van der Waals surface area contributed by atoms with Gasteiger partial charge in [0.1, 0.15) is 0 Å². The third-order valence-electron chi connectivity index (χ3n) is 5.05. The molecule has 7 nitrogen and oxygen atoms in total. The maximum Gasteiger partial charge on any atom is 0.247 e. The first-order chi connectivity index (χ1) is 15.2. The Balaban J connectivity index is 1.73. The van der Waals surface area contributed by atoms with Crippen LogP contribution >= 0.6 is 11.8 Å². The van der Waals surface area contributed by atoms with Crippen LogP contribution in [0.3, 0.4) is 0 Å². The SMILES string of the molecule is CCCCCCSc1nnc2c(n1)O[C@H](c1cccnc1)N(C(C)=O)c1ccccc1-2. The van der Waals surface area contributed by atoms with Gasteiger partial charge in [0.2, 0.25) is 23.2 Å². The van der Waals surface area contributed by atoms with Crippen molar-refractivity contribution in [3.63, 3.8) is 0 Å². The van der Waals surface area contributed by atoms with Gasteiger partial charge in [0.25, 0.3) is 0 Å². The fraction of sp³-hybridized carbons (Fsp3) is 0.348. The highest BCUT2D eigenvalue weighted by Crippen LogP contribution is 2.43. The van der Waals surface area contributed by atoms with E-state index in [0.29, 0.717) is 22.4 Å². The topological polar surface area (TPSA) is 81.1 Å². The number of unbranched alkanes of at least 4 members (excludes halogenated alkanes) is 3. The van der Waals surface area contributed by atoms with Gasteiger partial charge < -0.3 is 4.74 Å². The van der Waals surface area contributed by atoms with Crippen molar-refractivity contribution in [1.82, 2.24) is 20.2 Å². The Morgan fingerprint density at radius 3 is 2.77 bits per heavy atom.